The standard InChI is InChI=1S/C12H13F3O4/c1-18-11(17)9(16)10(19-7-12(13,14)15)8-5-3-2-4-6-8/h2-6,9-10,16H,7H2,1H3/t9-,10-/m0/s1. The number of aliphatic hydroxyl groups is 1. The minimum absolute atomic E-state index is 0.254. The van der Waals surface area contributed by atoms with Crippen molar-refractivity contribution in [1.29, 1.82) is 0 Å². The lowest BCUT2D eigenvalue weighted by molar-refractivity contribution is -0.201. The fourth-order valence-electron chi connectivity index (χ4n) is 1.44. The number of methoxy groups -OCH3 is 1. The predicted octanol–water partition coefficient (Wildman–Crippen LogP) is 1.84. The number of aliphatic hydroxyl groups excluding tert-OH is 1. The van der Waals surface area contributed by atoms with Gasteiger partial charge in [-0.2, -0.15) is 13.2 Å². The van der Waals surface area contributed by atoms with E-state index in [1.165, 1.54) is 12.1 Å². The van der Waals surface area contributed by atoms with Gasteiger partial charge in [0.25, 0.3) is 0 Å². The SMILES string of the molecule is COC(=O)[C@@H](O)[C@@H](OCC(F)(F)F)c1ccccc1. The molecule has 0 aliphatic carbocycles. The average Bonchev–Trinajstić information content (AvgIpc) is 2.37. The Morgan fingerprint density at radius 2 is 1.89 bits per heavy atom. The van der Waals surface area contributed by atoms with E-state index in [4.69, 9.17) is 0 Å². The monoisotopic (exact) mass is 278 g/mol. The van der Waals surface area contributed by atoms with E-state index in [1.807, 2.05) is 0 Å². The van der Waals surface area contributed by atoms with Crippen molar-refractivity contribution < 1.29 is 32.5 Å². The highest BCUT2D eigenvalue weighted by molar-refractivity contribution is 5.75. The highest BCUT2D eigenvalue weighted by Crippen LogP contribution is 2.25. The third-order valence-electron chi connectivity index (χ3n) is 2.28. The first-order valence-corrected chi connectivity index (χ1v) is 5.34. The van der Waals surface area contributed by atoms with Gasteiger partial charge in [-0.05, 0) is 5.56 Å². The zero-order valence-electron chi connectivity index (χ0n) is 10.1. The molecular formula is C12H13F3O4. The van der Waals surface area contributed by atoms with Gasteiger partial charge in [0.2, 0.25) is 0 Å². The second-order valence-corrected chi connectivity index (χ2v) is 3.73. The van der Waals surface area contributed by atoms with Crippen LogP contribution in [0.4, 0.5) is 13.2 Å². The summed E-state index contributed by atoms with van der Waals surface area (Å²) in [7, 11) is 1.03. The molecule has 0 saturated heterocycles. The van der Waals surface area contributed by atoms with Crippen molar-refractivity contribution in [2.75, 3.05) is 13.7 Å². The Morgan fingerprint density at radius 1 is 1.32 bits per heavy atom. The molecule has 7 heteroatoms. The van der Waals surface area contributed by atoms with E-state index >= 15 is 0 Å². The van der Waals surface area contributed by atoms with Gasteiger partial charge in [-0.1, -0.05) is 30.3 Å². The van der Waals surface area contributed by atoms with Crippen LogP contribution in [0, 0.1) is 0 Å². The van der Waals surface area contributed by atoms with Crippen LogP contribution in [0.15, 0.2) is 30.3 Å². The Hall–Kier alpha value is -1.60. The fourth-order valence-corrected chi connectivity index (χ4v) is 1.44. The summed E-state index contributed by atoms with van der Waals surface area (Å²) in [5.74, 6) is -1.06. The van der Waals surface area contributed by atoms with Crippen molar-refractivity contribution in [3.63, 3.8) is 0 Å². The molecule has 0 aromatic heterocycles. The molecule has 2 atom stereocenters. The second-order valence-electron chi connectivity index (χ2n) is 3.73. The van der Waals surface area contributed by atoms with Crippen LogP contribution in [0.1, 0.15) is 11.7 Å². The minimum atomic E-state index is -4.55. The summed E-state index contributed by atoms with van der Waals surface area (Å²) in [6.45, 7) is -1.57. The third kappa shape index (κ3) is 4.88. The molecule has 0 heterocycles. The number of hydrogen-bond acceptors (Lipinski definition) is 4. The normalized spacial score (nSPS) is 14.8. The number of rotatable bonds is 5. The maximum Gasteiger partial charge on any atom is 0.411 e. The summed E-state index contributed by atoms with van der Waals surface area (Å²) in [6, 6.07) is 7.67. The molecule has 1 aromatic rings. The fraction of sp³-hybridized carbons (Fsp3) is 0.417. The molecule has 1 rings (SSSR count). The van der Waals surface area contributed by atoms with Gasteiger partial charge in [-0.25, -0.2) is 4.79 Å². The van der Waals surface area contributed by atoms with Gasteiger partial charge in [0.1, 0.15) is 12.7 Å². The molecule has 0 saturated carbocycles. The maximum absolute atomic E-state index is 12.2. The highest BCUT2D eigenvalue weighted by atomic mass is 19.4. The van der Waals surface area contributed by atoms with Crippen molar-refractivity contribution in [3.8, 4) is 0 Å². The van der Waals surface area contributed by atoms with Gasteiger partial charge in [0.15, 0.2) is 6.10 Å². The zero-order valence-corrected chi connectivity index (χ0v) is 10.1. The Labute approximate surface area is 107 Å². The second kappa shape index (κ2) is 6.53. The molecule has 0 spiro atoms. The summed E-state index contributed by atoms with van der Waals surface area (Å²) in [6.07, 6.45) is -7.81. The Bertz CT molecular complexity index is 405. The number of ether oxygens (including phenoxy) is 2. The smallest absolute Gasteiger partial charge is 0.411 e. The molecule has 0 unspecified atom stereocenters. The predicted molar refractivity (Wildman–Crippen MR) is 59.2 cm³/mol. The van der Waals surface area contributed by atoms with Gasteiger partial charge >= 0.3 is 12.1 Å². The first kappa shape index (κ1) is 15.5. The largest absolute Gasteiger partial charge is 0.467 e. The lowest BCUT2D eigenvalue weighted by atomic mass is 10.0. The van der Waals surface area contributed by atoms with Crippen LogP contribution >= 0.6 is 0 Å². The summed E-state index contributed by atoms with van der Waals surface area (Å²) >= 11 is 0. The van der Waals surface area contributed by atoms with Crippen LogP contribution in [0.2, 0.25) is 0 Å². The number of esters is 1. The number of carbonyl (C=O) groups excluding carboxylic acids is 1. The van der Waals surface area contributed by atoms with E-state index in [1.54, 1.807) is 18.2 Å². The molecule has 0 fully saturated rings. The zero-order chi connectivity index (χ0) is 14.5. The Morgan fingerprint density at radius 3 is 2.37 bits per heavy atom. The number of carbonyl (C=O) groups is 1. The van der Waals surface area contributed by atoms with Crippen LogP contribution in [-0.4, -0.2) is 37.1 Å². The molecule has 106 valence electrons. The average molecular weight is 278 g/mol. The van der Waals surface area contributed by atoms with Crippen molar-refractivity contribution >= 4 is 5.97 Å². The van der Waals surface area contributed by atoms with Crippen molar-refractivity contribution in [3.05, 3.63) is 35.9 Å². The Kier molecular flexibility index (Phi) is 5.31. The van der Waals surface area contributed by atoms with Gasteiger partial charge in [0, 0.05) is 0 Å². The van der Waals surface area contributed by atoms with Crippen LogP contribution in [0.25, 0.3) is 0 Å². The van der Waals surface area contributed by atoms with E-state index in [0.717, 1.165) is 7.11 Å². The van der Waals surface area contributed by atoms with Crippen molar-refractivity contribution in [2.24, 2.45) is 0 Å². The van der Waals surface area contributed by atoms with Gasteiger partial charge in [-0.15, -0.1) is 0 Å². The molecule has 0 radical (unpaired) electrons. The molecule has 0 aliphatic rings. The van der Waals surface area contributed by atoms with Crippen LogP contribution in [-0.2, 0) is 14.3 Å². The number of alkyl halides is 3. The molecule has 1 aromatic carbocycles. The van der Waals surface area contributed by atoms with Crippen molar-refractivity contribution in [2.45, 2.75) is 18.4 Å². The van der Waals surface area contributed by atoms with E-state index < -0.39 is 31.0 Å². The molecule has 1 N–H and O–H groups in total. The molecule has 0 aliphatic heterocycles. The minimum Gasteiger partial charge on any atom is -0.467 e. The van der Waals surface area contributed by atoms with Gasteiger partial charge in [0.05, 0.1) is 7.11 Å². The lowest BCUT2D eigenvalue weighted by Gasteiger charge is -2.22. The summed E-state index contributed by atoms with van der Waals surface area (Å²) in [5.41, 5.74) is 0.254. The van der Waals surface area contributed by atoms with E-state index in [2.05, 4.69) is 9.47 Å². The quantitative estimate of drug-likeness (QED) is 0.835. The summed E-state index contributed by atoms with van der Waals surface area (Å²) < 4.78 is 45.4. The maximum atomic E-state index is 12.2. The number of hydrogen-bond donors (Lipinski definition) is 1. The molecular weight excluding hydrogens is 265 g/mol. The van der Waals surface area contributed by atoms with Crippen LogP contribution in [0.5, 0.6) is 0 Å². The Balaban J connectivity index is 2.88. The molecule has 4 nitrogen and oxygen atoms in total. The number of benzene rings is 1. The molecule has 0 amide bonds. The van der Waals surface area contributed by atoms with Crippen LogP contribution < -0.4 is 0 Å². The first-order chi connectivity index (χ1) is 8.85. The van der Waals surface area contributed by atoms with E-state index in [0.29, 0.717) is 0 Å². The van der Waals surface area contributed by atoms with E-state index in [9.17, 15) is 23.1 Å². The lowest BCUT2D eigenvalue weighted by Crippen LogP contribution is -2.33. The summed E-state index contributed by atoms with van der Waals surface area (Å²) in [4.78, 5) is 11.2. The molecule has 0 bridgehead atoms. The molecule has 19 heavy (non-hydrogen) atoms. The third-order valence-corrected chi connectivity index (χ3v) is 2.28. The van der Waals surface area contributed by atoms with Crippen LogP contribution in [0.3, 0.4) is 0 Å². The first-order valence-electron chi connectivity index (χ1n) is 5.34. The van der Waals surface area contributed by atoms with Crippen molar-refractivity contribution in [1.82, 2.24) is 0 Å². The van der Waals surface area contributed by atoms with Gasteiger partial charge < -0.3 is 14.6 Å². The number of halogens is 3. The topological polar surface area (TPSA) is 55.8 Å². The van der Waals surface area contributed by atoms with Gasteiger partial charge in [-0.3, -0.25) is 0 Å². The highest BCUT2D eigenvalue weighted by Gasteiger charge is 2.34. The summed E-state index contributed by atoms with van der Waals surface area (Å²) in [5, 5.41) is 9.66. The van der Waals surface area contributed by atoms with E-state index in [-0.39, 0.29) is 5.56 Å².